The molecule has 2 fully saturated rings. The zero-order chi connectivity index (χ0) is 42.0. The Morgan fingerprint density at radius 2 is 1.57 bits per heavy atom. The van der Waals surface area contributed by atoms with Gasteiger partial charge in [0.05, 0.1) is 28.3 Å². The van der Waals surface area contributed by atoms with Gasteiger partial charge in [-0.1, -0.05) is 24.6 Å². The Morgan fingerprint density at radius 3 is 2.30 bits per heavy atom. The number of piperidine rings is 1. The fourth-order valence-corrected chi connectivity index (χ4v) is 8.50. The average Bonchev–Trinajstić information content (AvgIpc) is 3.76. The molecule has 0 aliphatic carbocycles. The van der Waals surface area contributed by atoms with Crippen LogP contribution in [0.5, 0.6) is 0 Å². The molecule has 2 aromatic heterocycles. The van der Waals surface area contributed by atoms with Crippen molar-refractivity contribution in [3.8, 4) is 11.3 Å². The number of aromatic nitrogens is 3. The molecule has 0 bridgehead atoms. The van der Waals surface area contributed by atoms with Gasteiger partial charge in [-0.25, -0.2) is 12.9 Å². The van der Waals surface area contributed by atoms with Gasteiger partial charge in [0.25, 0.3) is 11.8 Å². The summed E-state index contributed by atoms with van der Waals surface area (Å²) in [6, 6.07) is 24.3. The lowest BCUT2D eigenvalue weighted by atomic mass is 10.0. The van der Waals surface area contributed by atoms with E-state index in [0.717, 1.165) is 79.5 Å². The number of pyridine rings is 1. The Bertz CT molecular complexity index is 2590. The van der Waals surface area contributed by atoms with Gasteiger partial charge in [0, 0.05) is 67.9 Å². The second-order valence-corrected chi connectivity index (χ2v) is 17.3. The number of ketones is 1. The normalized spacial score (nSPS) is 17.2. The van der Waals surface area contributed by atoms with Gasteiger partial charge in [-0.2, -0.15) is 4.98 Å². The summed E-state index contributed by atoms with van der Waals surface area (Å²) in [4.78, 5) is 73.2. The first-order chi connectivity index (χ1) is 28.9. The number of anilines is 4. The molecule has 310 valence electrons. The molecule has 5 heterocycles. The van der Waals surface area contributed by atoms with E-state index in [1.807, 2.05) is 30.3 Å². The summed E-state index contributed by atoms with van der Waals surface area (Å²) in [5.41, 5.74) is 5.19. The van der Waals surface area contributed by atoms with Gasteiger partial charge in [-0.15, -0.1) is 5.10 Å². The topological polar surface area (TPSA) is 195 Å². The number of unbranched alkanes of at least 4 members (excludes halogenated alkanes) is 2. The molecular formula is C43H45N9O7S. The van der Waals surface area contributed by atoms with Crippen LogP contribution in [0.25, 0.3) is 16.9 Å². The van der Waals surface area contributed by atoms with E-state index in [1.54, 1.807) is 34.8 Å². The number of hydrogen-bond acceptors (Lipinski definition) is 13. The average molecular weight is 832 g/mol. The van der Waals surface area contributed by atoms with Gasteiger partial charge in [0.2, 0.25) is 17.8 Å². The number of amides is 4. The number of piperazine rings is 1. The third-order valence-corrected chi connectivity index (χ3v) is 12.3. The largest absolute Gasteiger partial charge is 0.378 e. The molecule has 1 atom stereocenters. The first-order valence-corrected chi connectivity index (χ1v) is 21.9. The van der Waals surface area contributed by atoms with Crippen molar-refractivity contribution < 1.29 is 32.4 Å². The Labute approximate surface area is 346 Å². The minimum absolute atomic E-state index is 0.0535. The summed E-state index contributed by atoms with van der Waals surface area (Å²) >= 11 is 0. The first-order valence-electron chi connectivity index (χ1n) is 20.0. The Morgan fingerprint density at radius 1 is 0.833 bits per heavy atom. The first kappa shape index (κ1) is 40.3. The number of rotatable bonds is 15. The summed E-state index contributed by atoms with van der Waals surface area (Å²) in [7, 11) is -3.29. The maximum atomic E-state index is 13.1. The monoisotopic (exact) mass is 831 g/mol. The molecule has 60 heavy (non-hydrogen) atoms. The van der Waals surface area contributed by atoms with Gasteiger partial charge in [0.15, 0.2) is 21.3 Å². The quantitative estimate of drug-likeness (QED) is 0.0999. The number of sulfone groups is 1. The SMILES string of the molecule is CS(=O)(=O)c1ccc(-c2cccc3nc(Nc4ccc(N5CCN(CCCCCC(=O)CNc6ccc7c(c6)C(=O)N(C6CCC(=O)NC6=O)C7=O)CC5)cc4)nn23)cc1. The summed E-state index contributed by atoms with van der Waals surface area (Å²) < 4.78 is 25.5. The number of Topliss-reactive ketones (excluding diaryl/α,β-unsaturated/α-hetero) is 1. The molecule has 17 heteroatoms. The van der Waals surface area contributed by atoms with Crippen molar-refractivity contribution in [2.45, 2.75) is 49.5 Å². The predicted octanol–water partition coefficient (Wildman–Crippen LogP) is 4.31. The van der Waals surface area contributed by atoms with E-state index in [1.165, 1.54) is 18.4 Å². The third kappa shape index (κ3) is 8.77. The third-order valence-electron chi connectivity index (χ3n) is 11.2. The van der Waals surface area contributed by atoms with Crippen LogP contribution in [0.4, 0.5) is 23.0 Å². The van der Waals surface area contributed by atoms with E-state index in [2.05, 4.69) is 48.0 Å². The van der Waals surface area contributed by atoms with Crippen molar-refractivity contribution in [3.63, 3.8) is 0 Å². The van der Waals surface area contributed by atoms with E-state index in [0.29, 0.717) is 23.7 Å². The van der Waals surface area contributed by atoms with Crippen molar-refractivity contribution in [2.24, 2.45) is 0 Å². The van der Waals surface area contributed by atoms with E-state index >= 15 is 0 Å². The molecule has 3 N–H and O–H groups in total. The van der Waals surface area contributed by atoms with Crippen molar-refractivity contribution >= 4 is 67.9 Å². The van der Waals surface area contributed by atoms with Crippen molar-refractivity contribution in [3.05, 3.63) is 96.1 Å². The van der Waals surface area contributed by atoms with Crippen molar-refractivity contribution in [1.82, 2.24) is 29.7 Å². The highest BCUT2D eigenvalue weighted by atomic mass is 32.2. The highest BCUT2D eigenvalue weighted by Crippen LogP contribution is 2.30. The van der Waals surface area contributed by atoms with Gasteiger partial charge in [-0.3, -0.25) is 39.1 Å². The molecule has 3 aliphatic heterocycles. The van der Waals surface area contributed by atoms with E-state index in [-0.39, 0.29) is 41.2 Å². The highest BCUT2D eigenvalue weighted by Gasteiger charge is 2.44. The number of hydrogen-bond donors (Lipinski definition) is 3. The van der Waals surface area contributed by atoms with Crippen LogP contribution in [0.15, 0.2) is 89.8 Å². The summed E-state index contributed by atoms with van der Waals surface area (Å²) in [6.07, 6.45) is 4.49. The molecule has 3 aliphatic rings. The van der Waals surface area contributed by atoms with Crippen LogP contribution < -0.4 is 20.9 Å². The number of fused-ring (bicyclic) bond motifs is 2. The minimum Gasteiger partial charge on any atom is -0.378 e. The number of nitrogens with one attached hydrogen (secondary N) is 3. The van der Waals surface area contributed by atoms with E-state index in [4.69, 9.17) is 0 Å². The van der Waals surface area contributed by atoms with Crippen LogP contribution in [0.2, 0.25) is 0 Å². The Balaban J connectivity index is 0.737. The molecule has 3 aromatic carbocycles. The van der Waals surface area contributed by atoms with Crippen LogP contribution in [0, 0.1) is 0 Å². The smallest absolute Gasteiger partial charge is 0.262 e. The Hall–Kier alpha value is -6.46. The molecule has 4 amide bonds. The summed E-state index contributed by atoms with van der Waals surface area (Å²) in [5.74, 6) is -1.72. The fourth-order valence-electron chi connectivity index (χ4n) is 7.87. The van der Waals surface area contributed by atoms with Gasteiger partial charge in [0.1, 0.15) is 6.04 Å². The number of nitrogens with zero attached hydrogens (tertiary/aromatic N) is 6. The number of carbonyl (C=O) groups is 5. The molecule has 16 nitrogen and oxygen atoms in total. The van der Waals surface area contributed by atoms with Crippen LogP contribution in [-0.2, 0) is 24.2 Å². The lowest BCUT2D eigenvalue weighted by molar-refractivity contribution is -0.136. The molecule has 1 unspecified atom stereocenters. The minimum atomic E-state index is -3.29. The maximum absolute atomic E-state index is 13.1. The number of carbonyl (C=O) groups excluding carboxylic acids is 5. The predicted molar refractivity (Wildman–Crippen MR) is 225 cm³/mol. The number of benzene rings is 3. The summed E-state index contributed by atoms with van der Waals surface area (Å²) in [5, 5.41) is 13.2. The lowest BCUT2D eigenvalue weighted by Gasteiger charge is -2.36. The standard InChI is InChI=1S/C43H45N9O7S/c1-60(58,59)33-16-9-28(10-17-33)36-7-5-8-38-46-43(48-52(36)38)45-29-11-14-31(15-12-29)50-24-22-49(23-25-50)21-4-2-3-6-32(53)27-44-30-13-18-34-35(26-30)42(57)51(41(34)56)37-19-20-39(54)47-40(37)55/h5,7-18,26,37,44H,2-4,6,19-25,27H2,1H3,(H,45,48)(H,47,54,55). The molecular weight excluding hydrogens is 787 g/mol. The van der Waals surface area contributed by atoms with Crippen LogP contribution in [0.3, 0.4) is 0 Å². The second-order valence-electron chi connectivity index (χ2n) is 15.3. The van der Waals surface area contributed by atoms with Crippen LogP contribution in [-0.4, -0.2) is 114 Å². The van der Waals surface area contributed by atoms with E-state index < -0.39 is 39.5 Å². The lowest BCUT2D eigenvalue weighted by Crippen LogP contribution is -2.54. The van der Waals surface area contributed by atoms with Crippen molar-refractivity contribution in [2.75, 3.05) is 61.1 Å². The zero-order valence-corrected chi connectivity index (χ0v) is 33.9. The van der Waals surface area contributed by atoms with Crippen LogP contribution >= 0.6 is 0 Å². The molecule has 0 saturated carbocycles. The van der Waals surface area contributed by atoms with Gasteiger partial charge < -0.3 is 15.5 Å². The van der Waals surface area contributed by atoms with Crippen molar-refractivity contribution in [1.29, 1.82) is 0 Å². The zero-order valence-electron chi connectivity index (χ0n) is 33.1. The molecule has 0 radical (unpaired) electrons. The Kier molecular flexibility index (Phi) is 11.4. The van der Waals surface area contributed by atoms with E-state index in [9.17, 15) is 32.4 Å². The molecule has 5 aromatic rings. The number of imide groups is 2. The van der Waals surface area contributed by atoms with Gasteiger partial charge in [-0.05, 0) is 92.5 Å². The second kappa shape index (κ2) is 17.0. The summed E-state index contributed by atoms with van der Waals surface area (Å²) in [6.45, 7) is 4.80. The molecule has 8 rings (SSSR count). The fraction of sp³-hybridized carbons (Fsp3) is 0.326. The maximum Gasteiger partial charge on any atom is 0.262 e. The van der Waals surface area contributed by atoms with Gasteiger partial charge >= 0.3 is 0 Å². The molecule has 0 spiro atoms. The highest BCUT2D eigenvalue weighted by molar-refractivity contribution is 7.90. The van der Waals surface area contributed by atoms with Crippen LogP contribution in [0.1, 0.15) is 59.2 Å². The molecule has 2 saturated heterocycles.